The highest BCUT2D eigenvalue weighted by atomic mass is 16.4. The summed E-state index contributed by atoms with van der Waals surface area (Å²) in [6.07, 6.45) is 3.52. The SMILES string of the molecule is CC(C(=O)O)c1ccc(C[C@H]2CCCC2=O)cc1. The van der Waals surface area contributed by atoms with Crippen LogP contribution in [-0.4, -0.2) is 16.9 Å². The molecule has 3 heteroatoms. The molecule has 1 aliphatic carbocycles. The Bertz CT molecular complexity index is 447. The molecule has 0 spiro atoms. The maximum atomic E-state index is 11.6. The van der Waals surface area contributed by atoms with Crippen molar-refractivity contribution in [1.82, 2.24) is 0 Å². The van der Waals surface area contributed by atoms with E-state index in [1.807, 2.05) is 24.3 Å². The van der Waals surface area contributed by atoms with Crippen LogP contribution in [0.5, 0.6) is 0 Å². The lowest BCUT2D eigenvalue weighted by atomic mass is 9.94. The molecule has 2 atom stereocenters. The van der Waals surface area contributed by atoms with Gasteiger partial charge in [-0.3, -0.25) is 9.59 Å². The minimum absolute atomic E-state index is 0.174. The minimum atomic E-state index is -0.811. The van der Waals surface area contributed by atoms with Crippen LogP contribution in [0.4, 0.5) is 0 Å². The van der Waals surface area contributed by atoms with Gasteiger partial charge in [-0.2, -0.15) is 0 Å². The van der Waals surface area contributed by atoms with Gasteiger partial charge in [-0.1, -0.05) is 24.3 Å². The van der Waals surface area contributed by atoms with Gasteiger partial charge >= 0.3 is 5.97 Å². The summed E-state index contributed by atoms with van der Waals surface area (Å²) in [4.78, 5) is 22.4. The van der Waals surface area contributed by atoms with Crippen LogP contribution in [0.2, 0.25) is 0 Å². The van der Waals surface area contributed by atoms with E-state index in [-0.39, 0.29) is 5.92 Å². The highest BCUT2D eigenvalue weighted by Crippen LogP contribution is 2.25. The molecule has 0 bridgehead atoms. The largest absolute Gasteiger partial charge is 0.481 e. The van der Waals surface area contributed by atoms with E-state index in [1.165, 1.54) is 0 Å². The number of ketones is 1. The lowest BCUT2D eigenvalue weighted by Crippen LogP contribution is -2.10. The van der Waals surface area contributed by atoms with Gasteiger partial charge in [0.15, 0.2) is 0 Å². The van der Waals surface area contributed by atoms with Gasteiger partial charge in [-0.15, -0.1) is 0 Å². The van der Waals surface area contributed by atoms with Crippen molar-refractivity contribution >= 4 is 11.8 Å². The second-order valence-electron chi connectivity index (χ2n) is 5.06. The molecule has 1 unspecified atom stereocenters. The molecule has 2 rings (SSSR count). The Balaban J connectivity index is 2.03. The molecule has 18 heavy (non-hydrogen) atoms. The molecule has 3 nitrogen and oxygen atoms in total. The zero-order valence-corrected chi connectivity index (χ0v) is 10.6. The van der Waals surface area contributed by atoms with E-state index in [0.29, 0.717) is 5.78 Å². The molecule has 0 radical (unpaired) electrons. The van der Waals surface area contributed by atoms with Gasteiger partial charge in [-0.05, 0) is 37.3 Å². The van der Waals surface area contributed by atoms with Crippen LogP contribution in [0.1, 0.15) is 43.2 Å². The van der Waals surface area contributed by atoms with E-state index >= 15 is 0 Å². The highest BCUT2D eigenvalue weighted by Gasteiger charge is 2.24. The minimum Gasteiger partial charge on any atom is -0.481 e. The lowest BCUT2D eigenvalue weighted by molar-refractivity contribution is -0.138. The third-order valence-corrected chi connectivity index (χ3v) is 3.76. The number of carbonyl (C=O) groups is 2. The fourth-order valence-corrected chi connectivity index (χ4v) is 2.47. The first kappa shape index (κ1) is 12.8. The van der Waals surface area contributed by atoms with Crippen LogP contribution in [0.3, 0.4) is 0 Å². The molecular weight excluding hydrogens is 228 g/mol. The predicted molar refractivity (Wildman–Crippen MR) is 68.5 cm³/mol. The molecule has 1 aromatic rings. The number of carbonyl (C=O) groups excluding carboxylic acids is 1. The summed E-state index contributed by atoms with van der Waals surface area (Å²) in [6, 6.07) is 7.60. The summed E-state index contributed by atoms with van der Waals surface area (Å²) in [6.45, 7) is 1.68. The van der Waals surface area contributed by atoms with E-state index < -0.39 is 11.9 Å². The first-order valence-electron chi connectivity index (χ1n) is 6.42. The van der Waals surface area contributed by atoms with Gasteiger partial charge in [0.2, 0.25) is 0 Å². The molecule has 0 amide bonds. The van der Waals surface area contributed by atoms with Crippen molar-refractivity contribution in [3.05, 3.63) is 35.4 Å². The van der Waals surface area contributed by atoms with Crippen LogP contribution in [0, 0.1) is 5.92 Å². The smallest absolute Gasteiger partial charge is 0.310 e. The van der Waals surface area contributed by atoms with Crippen LogP contribution in [0.15, 0.2) is 24.3 Å². The van der Waals surface area contributed by atoms with Crippen LogP contribution in [-0.2, 0) is 16.0 Å². The van der Waals surface area contributed by atoms with Crippen LogP contribution >= 0.6 is 0 Å². The molecule has 96 valence electrons. The van der Waals surface area contributed by atoms with Crippen molar-refractivity contribution in [2.45, 2.75) is 38.5 Å². The molecular formula is C15H18O3. The fourth-order valence-electron chi connectivity index (χ4n) is 2.47. The predicted octanol–water partition coefficient (Wildman–Crippen LogP) is 2.79. The number of hydrogen-bond donors (Lipinski definition) is 1. The monoisotopic (exact) mass is 246 g/mol. The van der Waals surface area contributed by atoms with E-state index in [4.69, 9.17) is 5.11 Å². The number of hydrogen-bond acceptors (Lipinski definition) is 2. The number of carboxylic acid groups (broad SMARTS) is 1. The van der Waals surface area contributed by atoms with Crippen molar-refractivity contribution in [1.29, 1.82) is 0 Å². The van der Waals surface area contributed by atoms with Crippen molar-refractivity contribution in [2.24, 2.45) is 5.92 Å². The quantitative estimate of drug-likeness (QED) is 0.888. The fraction of sp³-hybridized carbons (Fsp3) is 0.467. The topological polar surface area (TPSA) is 54.4 Å². The maximum absolute atomic E-state index is 11.6. The normalized spacial score (nSPS) is 20.9. The average Bonchev–Trinajstić information content (AvgIpc) is 2.75. The third-order valence-electron chi connectivity index (χ3n) is 3.76. The Labute approximate surface area is 107 Å². The van der Waals surface area contributed by atoms with Crippen molar-refractivity contribution in [3.8, 4) is 0 Å². The number of carboxylic acids is 1. The van der Waals surface area contributed by atoms with Gasteiger partial charge in [0.1, 0.15) is 5.78 Å². The van der Waals surface area contributed by atoms with Gasteiger partial charge in [0.05, 0.1) is 5.92 Å². The van der Waals surface area contributed by atoms with E-state index in [1.54, 1.807) is 6.92 Å². The molecule has 0 heterocycles. The zero-order valence-electron chi connectivity index (χ0n) is 10.6. The Morgan fingerprint density at radius 2 is 2.06 bits per heavy atom. The first-order chi connectivity index (χ1) is 8.58. The molecule has 0 aliphatic heterocycles. The zero-order chi connectivity index (χ0) is 13.1. The Morgan fingerprint density at radius 1 is 1.39 bits per heavy atom. The number of benzene rings is 1. The maximum Gasteiger partial charge on any atom is 0.310 e. The van der Waals surface area contributed by atoms with E-state index in [9.17, 15) is 9.59 Å². The standard InChI is InChI=1S/C15H18O3/c1-10(15(17)18)12-7-5-11(6-8-12)9-13-3-2-4-14(13)16/h5-8,10,13H,2-4,9H2,1H3,(H,17,18)/t10?,13-/m1/s1. The van der Waals surface area contributed by atoms with Crippen molar-refractivity contribution in [3.63, 3.8) is 0 Å². The molecule has 1 saturated carbocycles. The average molecular weight is 246 g/mol. The molecule has 1 fully saturated rings. The van der Waals surface area contributed by atoms with Crippen molar-refractivity contribution < 1.29 is 14.7 Å². The summed E-state index contributed by atoms with van der Waals surface area (Å²) in [5.74, 6) is -0.744. The molecule has 1 N–H and O–H groups in total. The second-order valence-corrected chi connectivity index (χ2v) is 5.06. The number of rotatable bonds is 4. The summed E-state index contributed by atoms with van der Waals surface area (Å²) in [5, 5.41) is 8.92. The molecule has 1 aliphatic rings. The Kier molecular flexibility index (Phi) is 3.80. The summed E-state index contributed by atoms with van der Waals surface area (Å²) >= 11 is 0. The van der Waals surface area contributed by atoms with Crippen LogP contribution in [0.25, 0.3) is 0 Å². The van der Waals surface area contributed by atoms with E-state index in [2.05, 4.69) is 0 Å². The second kappa shape index (κ2) is 5.34. The molecule has 0 saturated heterocycles. The highest BCUT2D eigenvalue weighted by molar-refractivity contribution is 5.83. The Hall–Kier alpha value is -1.64. The van der Waals surface area contributed by atoms with Gasteiger partial charge in [0, 0.05) is 12.3 Å². The Morgan fingerprint density at radius 3 is 2.56 bits per heavy atom. The summed E-state index contributed by atoms with van der Waals surface area (Å²) in [7, 11) is 0. The third kappa shape index (κ3) is 2.78. The number of aliphatic carboxylic acids is 1. The lowest BCUT2D eigenvalue weighted by Gasteiger charge is -2.10. The van der Waals surface area contributed by atoms with Gasteiger partial charge in [0.25, 0.3) is 0 Å². The van der Waals surface area contributed by atoms with Gasteiger partial charge < -0.3 is 5.11 Å². The van der Waals surface area contributed by atoms with Gasteiger partial charge in [-0.25, -0.2) is 0 Å². The summed E-state index contributed by atoms with van der Waals surface area (Å²) in [5.41, 5.74) is 1.93. The first-order valence-corrected chi connectivity index (χ1v) is 6.42. The van der Waals surface area contributed by atoms with Crippen LogP contribution < -0.4 is 0 Å². The number of Topliss-reactive ketones (excluding diaryl/α,β-unsaturated/α-hetero) is 1. The van der Waals surface area contributed by atoms with E-state index in [0.717, 1.165) is 36.8 Å². The molecule has 0 aromatic heterocycles. The molecule has 1 aromatic carbocycles. The van der Waals surface area contributed by atoms with Crippen molar-refractivity contribution in [2.75, 3.05) is 0 Å². The summed E-state index contributed by atoms with van der Waals surface area (Å²) < 4.78 is 0.